The van der Waals surface area contributed by atoms with Gasteiger partial charge in [0, 0.05) is 11.6 Å². The number of hydrogen-bond acceptors (Lipinski definition) is 2. The summed E-state index contributed by atoms with van der Waals surface area (Å²) in [5.74, 6) is 0.815. The summed E-state index contributed by atoms with van der Waals surface area (Å²) in [6.07, 6.45) is 5.62. The summed E-state index contributed by atoms with van der Waals surface area (Å²) in [7, 11) is 0. The third-order valence-electron chi connectivity index (χ3n) is 2.69. The Morgan fingerprint density at radius 1 is 1.64 bits per heavy atom. The molecule has 2 nitrogen and oxygen atoms in total. The molecule has 0 saturated heterocycles. The van der Waals surface area contributed by atoms with Gasteiger partial charge in [-0.05, 0) is 53.7 Å². The average molecular weight is 258 g/mol. The summed E-state index contributed by atoms with van der Waals surface area (Å²) in [6, 6.07) is 2.55. The smallest absolute Gasteiger partial charge is 0.173 e. The first kappa shape index (κ1) is 10.2. The highest BCUT2D eigenvalue weighted by molar-refractivity contribution is 9.10. The second-order valence-electron chi connectivity index (χ2n) is 3.92. The van der Waals surface area contributed by atoms with E-state index in [1.807, 2.05) is 0 Å². The molecule has 1 aliphatic carbocycles. The standard InChI is InChI=1S/C11H16BrNO/c1-2-6-13-10(8-3-4-8)9-5-7-14-11(9)12/h5,7-8,10,13H,2-4,6H2,1H3. The van der Waals surface area contributed by atoms with Crippen LogP contribution in [0.5, 0.6) is 0 Å². The third-order valence-corrected chi connectivity index (χ3v) is 3.33. The van der Waals surface area contributed by atoms with Gasteiger partial charge in [0.1, 0.15) is 0 Å². The first-order valence-corrected chi connectivity index (χ1v) is 6.08. The molecule has 1 saturated carbocycles. The first-order valence-electron chi connectivity index (χ1n) is 5.29. The van der Waals surface area contributed by atoms with Crippen LogP contribution in [-0.2, 0) is 0 Å². The van der Waals surface area contributed by atoms with Gasteiger partial charge in [0.05, 0.1) is 6.26 Å². The predicted molar refractivity (Wildman–Crippen MR) is 60.2 cm³/mol. The van der Waals surface area contributed by atoms with Crippen molar-refractivity contribution in [2.45, 2.75) is 32.2 Å². The Balaban J connectivity index is 2.06. The van der Waals surface area contributed by atoms with Gasteiger partial charge in [0.2, 0.25) is 0 Å². The second-order valence-corrected chi connectivity index (χ2v) is 4.64. The van der Waals surface area contributed by atoms with E-state index in [1.54, 1.807) is 6.26 Å². The molecule has 14 heavy (non-hydrogen) atoms. The van der Waals surface area contributed by atoms with Gasteiger partial charge in [-0.2, -0.15) is 0 Å². The molecule has 1 aromatic heterocycles. The highest BCUT2D eigenvalue weighted by Crippen LogP contribution is 2.43. The van der Waals surface area contributed by atoms with Crippen molar-refractivity contribution in [1.82, 2.24) is 5.32 Å². The van der Waals surface area contributed by atoms with Crippen LogP contribution in [0.1, 0.15) is 37.8 Å². The lowest BCUT2D eigenvalue weighted by molar-refractivity contribution is 0.464. The highest BCUT2D eigenvalue weighted by atomic mass is 79.9. The summed E-state index contributed by atoms with van der Waals surface area (Å²) in [4.78, 5) is 0. The Bertz CT molecular complexity index is 293. The van der Waals surface area contributed by atoms with E-state index in [2.05, 4.69) is 34.2 Å². The Hall–Kier alpha value is -0.280. The molecule has 0 aliphatic heterocycles. The minimum absolute atomic E-state index is 0.489. The summed E-state index contributed by atoms with van der Waals surface area (Å²) in [6.45, 7) is 3.28. The van der Waals surface area contributed by atoms with Crippen molar-refractivity contribution in [1.29, 1.82) is 0 Å². The zero-order valence-corrected chi connectivity index (χ0v) is 10.0. The van der Waals surface area contributed by atoms with Crippen LogP contribution in [0.25, 0.3) is 0 Å². The van der Waals surface area contributed by atoms with Crippen LogP contribution in [0.15, 0.2) is 21.4 Å². The number of nitrogens with one attached hydrogen (secondary N) is 1. The molecule has 1 aromatic rings. The molecule has 1 N–H and O–H groups in total. The number of furan rings is 1. The second kappa shape index (κ2) is 4.49. The third kappa shape index (κ3) is 2.20. The van der Waals surface area contributed by atoms with Gasteiger partial charge in [-0.25, -0.2) is 0 Å². The van der Waals surface area contributed by atoms with Crippen LogP contribution in [0.3, 0.4) is 0 Å². The fraction of sp³-hybridized carbons (Fsp3) is 0.636. The van der Waals surface area contributed by atoms with Gasteiger partial charge in [0.15, 0.2) is 4.67 Å². The van der Waals surface area contributed by atoms with Crippen molar-refractivity contribution in [3.63, 3.8) is 0 Å². The van der Waals surface area contributed by atoms with E-state index in [0.717, 1.165) is 17.1 Å². The van der Waals surface area contributed by atoms with Crippen molar-refractivity contribution >= 4 is 15.9 Å². The maximum absolute atomic E-state index is 5.28. The SMILES string of the molecule is CCCNC(c1ccoc1Br)C1CC1. The molecular weight excluding hydrogens is 242 g/mol. The number of hydrogen-bond donors (Lipinski definition) is 1. The molecule has 3 heteroatoms. The van der Waals surface area contributed by atoms with Crippen molar-refractivity contribution in [2.24, 2.45) is 5.92 Å². The summed E-state index contributed by atoms with van der Waals surface area (Å²) in [5, 5.41) is 3.58. The maximum Gasteiger partial charge on any atom is 0.173 e. The Labute approximate surface area is 93.2 Å². The number of rotatable bonds is 5. The summed E-state index contributed by atoms with van der Waals surface area (Å²) in [5.41, 5.74) is 1.28. The molecule has 0 bridgehead atoms. The van der Waals surface area contributed by atoms with Crippen LogP contribution < -0.4 is 5.32 Å². The Kier molecular flexibility index (Phi) is 3.29. The van der Waals surface area contributed by atoms with E-state index in [0.29, 0.717) is 6.04 Å². The normalized spacial score (nSPS) is 18.4. The van der Waals surface area contributed by atoms with Crippen LogP contribution in [-0.4, -0.2) is 6.54 Å². The quantitative estimate of drug-likeness (QED) is 0.874. The molecular formula is C11H16BrNO. The van der Waals surface area contributed by atoms with Gasteiger partial charge in [-0.3, -0.25) is 0 Å². The minimum Gasteiger partial charge on any atom is -0.457 e. The van der Waals surface area contributed by atoms with E-state index in [1.165, 1.54) is 24.8 Å². The average Bonchev–Trinajstić information content (AvgIpc) is 2.92. The zero-order valence-electron chi connectivity index (χ0n) is 8.42. The van der Waals surface area contributed by atoms with Crippen molar-refractivity contribution in [3.8, 4) is 0 Å². The molecule has 1 heterocycles. The first-order chi connectivity index (χ1) is 6.83. The molecule has 1 fully saturated rings. The van der Waals surface area contributed by atoms with Crippen LogP contribution >= 0.6 is 15.9 Å². The van der Waals surface area contributed by atoms with Crippen molar-refractivity contribution < 1.29 is 4.42 Å². The molecule has 0 spiro atoms. The highest BCUT2D eigenvalue weighted by Gasteiger charge is 2.33. The lowest BCUT2D eigenvalue weighted by Crippen LogP contribution is -2.23. The van der Waals surface area contributed by atoms with E-state index < -0.39 is 0 Å². The van der Waals surface area contributed by atoms with Crippen LogP contribution in [0.4, 0.5) is 0 Å². The lowest BCUT2D eigenvalue weighted by Gasteiger charge is -2.16. The topological polar surface area (TPSA) is 25.2 Å². The van der Waals surface area contributed by atoms with Gasteiger partial charge in [-0.1, -0.05) is 6.92 Å². The summed E-state index contributed by atoms with van der Waals surface area (Å²) < 4.78 is 6.17. The molecule has 78 valence electrons. The maximum atomic E-state index is 5.28. The van der Waals surface area contributed by atoms with Crippen LogP contribution in [0, 0.1) is 5.92 Å². The number of halogens is 1. The molecule has 1 aliphatic rings. The fourth-order valence-electron chi connectivity index (χ4n) is 1.79. The molecule has 2 rings (SSSR count). The van der Waals surface area contributed by atoms with Gasteiger partial charge >= 0.3 is 0 Å². The van der Waals surface area contributed by atoms with Gasteiger partial charge in [0.25, 0.3) is 0 Å². The molecule has 1 atom stereocenters. The Morgan fingerprint density at radius 3 is 2.93 bits per heavy atom. The molecule has 0 aromatic carbocycles. The van der Waals surface area contributed by atoms with E-state index in [4.69, 9.17) is 4.42 Å². The largest absolute Gasteiger partial charge is 0.457 e. The van der Waals surface area contributed by atoms with E-state index in [9.17, 15) is 0 Å². The summed E-state index contributed by atoms with van der Waals surface area (Å²) >= 11 is 3.45. The van der Waals surface area contributed by atoms with Crippen LogP contribution in [0.2, 0.25) is 0 Å². The molecule has 1 unspecified atom stereocenters. The minimum atomic E-state index is 0.489. The van der Waals surface area contributed by atoms with E-state index in [-0.39, 0.29) is 0 Å². The monoisotopic (exact) mass is 257 g/mol. The lowest BCUT2D eigenvalue weighted by atomic mass is 10.1. The zero-order chi connectivity index (χ0) is 9.97. The molecule has 0 amide bonds. The van der Waals surface area contributed by atoms with Crippen molar-refractivity contribution in [2.75, 3.05) is 6.54 Å². The van der Waals surface area contributed by atoms with E-state index >= 15 is 0 Å². The fourth-order valence-corrected chi connectivity index (χ4v) is 2.27. The molecule has 0 radical (unpaired) electrons. The Morgan fingerprint density at radius 2 is 2.43 bits per heavy atom. The van der Waals surface area contributed by atoms with Gasteiger partial charge < -0.3 is 9.73 Å². The predicted octanol–water partition coefficient (Wildman–Crippen LogP) is 3.49. The van der Waals surface area contributed by atoms with Gasteiger partial charge in [-0.15, -0.1) is 0 Å². The van der Waals surface area contributed by atoms with Crippen molar-refractivity contribution in [3.05, 3.63) is 22.6 Å².